The molecule has 0 heterocycles. The summed E-state index contributed by atoms with van der Waals surface area (Å²) in [6.45, 7) is 1.97. The maximum absolute atomic E-state index is 13.0. The molecule has 0 amide bonds. The molecule has 0 spiro atoms. The quantitative estimate of drug-likeness (QED) is 0.617. The summed E-state index contributed by atoms with van der Waals surface area (Å²) in [6.07, 6.45) is 0.708. The van der Waals surface area contributed by atoms with Gasteiger partial charge >= 0.3 is 5.97 Å². The number of esters is 1. The molecule has 19 heavy (non-hydrogen) atoms. The van der Waals surface area contributed by atoms with Crippen LogP contribution in [0.5, 0.6) is 5.75 Å². The fourth-order valence-corrected chi connectivity index (χ4v) is 1.73. The Bertz CT molecular complexity index is 561. The number of hydrogen-bond donors (Lipinski definition) is 0. The lowest BCUT2D eigenvalue weighted by atomic mass is 10.1. The van der Waals surface area contributed by atoms with Crippen LogP contribution in [0.25, 0.3) is 0 Å². The molecule has 0 saturated carbocycles. The van der Waals surface area contributed by atoms with E-state index in [0.717, 1.165) is 11.1 Å². The van der Waals surface area contributed by atoms with Gasteiger partial charge in [-0.1, -0.05) is 29.8 Å². The van der Waals surface area contributed by atoms with Gasteiger partial charge in [0.1, 0.15) is 11.6 Å². The molecule has 3 heteroatoms. The summed E-state index contributed by atoms with van der Waals surface area (Å²) in [6, 6.07) is 13.5. The van der Waals surface area contributed by atoms with Gasteiger partial charge in [-0.05, 0) is 43.2 Å². The summed E-state index contributed by atoms with van der Waals surface area (Å²) in [5.41, 5.74) is 1.90. The number of hydrogen-bond acceptors (Lipinski definition) is 2. The van der Waals surface area contributed by atoms with E-state index >= 15 is 0 Å². The van der Waals surface area contributed by atoms with Gasteiger partial charge in [-0.3, -0.25) is 4.79 Å². The Kier molecular flexibility index (Phi) is 4.29. The van der Waals surface area contributed by atoms with Gasteiger partial charge in [0.15, 0.2) is 0 Å². The van der Waals surface area contributed by atoms with E-state index in [-0.39, 0.29) is 18.2 Å². The Morgan fingerprint density at radius 2 is 1.89 bits per heavy atom. The molecule has 0 radical (unpaired) electrons. The number of halogens is 1. The van der Waals surface area contributed by atoms with Gasteiger partial charge in [0, 0.05) is 6.42 Å². The Morgan fingerprint density at radius 1 is 1.16 bits per heavy atom. The van der Waals surface area contributed by atoms with Crippen molar-refractivity contribution in [3.63, 3.8) is 0 Å². The summed E-state index contributed by atoms with van der Waals surface area (Å²) in [7, 11) is 0. The van der Waals surface area contributed by atoms with E-state index in [2.05, 4.69) is 0 Å². The van der Waals surface area contributed by atoms with Crippen molar-refractivity contribution in [1.29, 1.82) is 0 Å². The van der Waals surface area contributed by atoms with Gasteiger partial charge in [0.2, 0.25) is 0 Å². The first-order chi connectivity index (χ1) is 9.13. The van der Waals surface area contributed by atoms with Crippen LogP contribution in [-0.2, 0) is 11.2 Å². The monoisotopic (exact) mass is 258 g/mol. The van der Waals surface area contributed by atoms with Crippen LogP contribution in [0.4, 0.5) is 4.39 Å². The maximum atomic E-state index is 13.0. The Balaban J connectivity index is 1.86. The van der Waals surface area contributed by atoms with E-state index in [1.54, 1.807) is 24.3 Å². The van der Waals surface area contributed by atoms with E-state index in [0.29, 0.717) is 12.2 Å². The maximum Gasteiger partial charge on any atom is 0.311 e. The zero-order valence-corrected chi connectivity index (χ0v) is 10.7. The highest BCUT2D eigenvalue weighted by molar-refractivity contribution is 5.72. The standard InChI is InChI=1S/C16H15FO2/c1-12-5-8-15(9-6-12)19-16(18)10-7-13-3-2-4-14(17)11-13/h2-6,8-9,11H,7,10H2,1H3. The minimum Gasteiger partial charge on any atom is -0.427 e. The number of benzene rings is 2. The van der Waals surface area contributed by atoms with Gasteiger partial charge in [-0.2, -0.15) is 0 Å². The lowest BCUT2D eigenvalue weighted by Crippen LogP contribution is -2.09. The lowest BCUT2D eigenvalue weighted by molar-refractivity contribution is -0.134. The van der Waals surface area contributed by atoms with Gasteiger partial charge in [-0.25, -0.2) is 4.39 Å². The predicted molar refractivity (Wildman–Crippen MR) is 71.5 cm³/mol. The third-order valence-electron chi connectivity index (χ3n) is 2.76. The first-order valence-corrected chi connectivity index (χ1v) is 6.15. The summed E-state index contributed by atoms with van der Waals surface area (Å²) in [5, 5.41) is 0. The molecule has 2 nitrogen and oxygen atoms in total. The van der Waals surface area contributed by atoms with E-state index in [1.807, 2.05) is 19.1 Å². The van der Waals surface area contributed by atoms with Crippen LogP contribution in [0.1, 0.15) is 17.5 Å². The SMILES string of the molecule is Cc1ccc(OC(=O)CCc2cccc(F)c2)cc1. The Hall–Kier alpha value is -2.16. The average molecular weight is 258 g/mol. The van der Waals surface area contributed by atoms with Crippen LogP contribution in [0.15, 0.2) is 48.5 Å². The first-order valence-electron chi connectivity index (χ1n) is 6.15. The van der Waals surface area contributed by atoms with Crippen molar-refractivity contribution in [2.75, 3.05) is 0 Å². The van der Waals surface area contributed by atoms with Gasteiger partial charge in [-0.15, -0.1) is 0 Å². The number of aryl methyl sites for hydroxylation is 2. The molecule has 2 rings (SSSR count). The van der Waals surface area contributed by atoms with E-state index in [1.165, 1.54) is 12.1 Å². The third kappa shape index (κ3) is 4.21. The second kappa shape index (κ2) is 6.14. The molecule has 98 valence electrons. The first kappa shape index (κ1) is 13.3. The summed E-state index contributed by atoms with van der Waals surface area (Å²) in [5.74, 6) is -0.0626. The van der Waals surface area contributed by atoms with Crippen molar-refractivity contribution >= 4 is 5.97 Å². The molecular weight excluding hydrogens is 243 g/mol. The lowest BCUT2D eigenvalue weighted by Gasteiger charge is -2.05. The summed E-state index contributed by atoms with van der Waals surface area (Å²) < 4.78 is 18.1. The normalized spacial score (nSPS) is 10.2. The number of ether oxygens (including phenoxy) is 1. The van der Waals surface area contributed by atoms with Crippen LogP contribution >= 0.6 is 0 Å². The molecule has 0 aliphatic carbocycles. The van der Waals surface area contributed by atoms with Crippen molar-refractivity contribution in [2.24, 2.45) is 0 Å². The molecule has 2 aromatic rings. The molecule has 0 bridgehead atoms. The van der Waals surface area contributed by atoms with E-state index in [9.17, 15) is 9.18 Å². The van der Waals surface area contributed by atoms with Crippen LogP contribution in [0.3, 0.4) is 0 Å². The number of carbonyl (C=O) groups is 1. The Morgan fingerprint density at radius 3 is 2.58 bits per heavy atom. The highest BCUT2D eigenvalue weighted by Gasteiger charge is 2.05. The molecule has 0 aliphatic heterocycles. The summed E-state index contributed by atoms with van der Waals surface area (Å²) in [4.78, 5) is 11.6. The molecule has 0 atom stereocenters. The van der Waals surface area contributed by atoms with Crippen molar-refractivity contribution < 1.29 is 13.9 Å². The molecule has 0 N–H and O–H groups in total. The van der Waals surface area contributed by atoms with Crippen LogP contribution < -0.4 is 4.74 Å². The molecule has 2 aromatic carbocycles. The molecule has 0 aliphatic rings. The average Bonchev–Trinajstić information content (AvgIpc) is 2.39. The van der Waals surface area contributed by atoms with Crippen molar-refractivity contribution in [2.45, 2.75) is 19.8 Å². The molecule has 0 fully saturated rings. The van der Waals surface area contributed by atoms with E-state index < -0.39 is 0 Å². The van der Waals surface area contributed by atoms with Gasteiger partial charge in [0.25, 0.3) is 0 Å². The largest absolute Gasteiger partial charge is 0.427 e. The second-order valence-corrected chi connectivity index (χ2v) is 4.42. The van der Waals surface area contributed by atoms with Crippen molar-refractivity contribution in [1.82, 2.24) is 0 Å². The van der Waals surface area contributed by atoms with Crippen molar-refractivity contribution in [3.8, 4) is 5.75 Å². The minimum atomic E-state index is -0.312. The fraction of sp³-hybridized carbons (Fsp3) is 0.188. The minimum absolute atomic E-state index is 0.233. The summed E-state index contributed by atoms with van der Waals surface area (Å²) >= 11 is 0. The van der Waals surface area contributed by atoms with Gasteiger partial charge < -0.3 is 4.74 Å². The zero-order valence-electron chi connectivity index (χ0n) is 10.7. The topological polar surface area (TPSA) is 26.3 Å². The molecule has 0 unspecified atom stereocenters. The van der Waals surface area contributed by atoms with Crippen LogP contribution in [0, 0.1) is 12.7 Å². The van der Waals surface area contributed by atoms with Crippen LogP contribution in [0.2, 0.25) is 0 Å². The highest BCUT2D eigenvalue weighted by Crippen LogP contribution is 2.13. The molecule has 0 saturated heterocycles. The van der Waals surface area contributed by atoms with Crippen molar-refractivity contribution in [3.05, 3.63) is 65.5 Å². The molecular formula is C16H15FO2. The number of rotatable bonds is 4. The fourth-order valence-electron chi connectivity index (χ4n) is 1.73. The smallest absolute Gasteiger partial charge is 0.311 e. The zero-order chi connectivity index (χ0) is 13.7. The molecule has 0 aromatic heterocycles. The van der Waals surface area contributed by atoms with Crippen LogP contribution in [-0.4, -0.2) is 5.97 Å². The van der Waals surface area contributed by atoms with Gasteiger partial charge in [0.05, 0.1) is 0 Å². The predicted octanol–water partition coefficient (Wildman–Crippen LogP) is 3.67. The third-order valence-corrected chi connectivity index (χ3v) is 2.76. The second-order valence-electron chi connectivity index (χ2n) is 4.42. The number of carbonyl (C=O) groups excluding carboxylic acids is 1. The van der Waals surface area contributed by atoms with E-state index in [4.69, 9.17) is 4.74 Å². The highest BCUT2D eigenvalue weighted by atomic mass is 19.1. The Labute approximate surface area is 111 Å².